The molecule has 0 saturated carbocycles. The molecule has 0 unspecified atom stereocenters. The van der Waals surface area contributed by atoms with E-state index in [1.54, 1.807) is 6.07 Å². The van der Waals surface area contributed by atoms with E-state index in [0.29, 0.717) is 17.2 Å². The van der Waals surface area contributed by atoms with E-state index in [2.05, 4.69) is 4.98 Å². The summed E-state index contributed by atoms with van der Waals surface area (Å²) in [7, 11) is 0. The van der Waals surface area contributed by atoms with Crippen molar-refractivity contribution in [3.05, 3.63) is 17.8 Å². The number of rotatable bonds is 1. The van der Waals surface area contributed by atoms with Crippen LogP contribution >= 0.6 is 0 Å². The maximum atomic E-state index is 10.3. The summed E-state index contributed by atoms with van der Waals surface area (Å²) in [5.74, 6) is 0.991. The van der Waals surface area contributed by atoms with Gasteiger partial charge in [0.2, 0.25) is 6.79 Å². The molecule has 1 aliphatic rings. The van der Waals surface area contributed by atoms with Crippen LogP contribution in [0.4, 0.5) is 0 Å². The van der Waals surface area contributed by atoms with Gasteiger partial charge in [0.1, 0.15) is 0 Å². The van der Waals surface area contributed by atoms with E-state index in [1.807, 2.05) is 0 Å². The summed E-state index contributed by atoms with van der Waals surface area (Å²) >= 11 is 0. The monoisotopic (exact) mass is 151 g/mol. The molecule has 0 atom stereocenters. The van der Waals surface area contributed by atoms with Gasteiger partial charge in [0.25, 0.3) is 5.88 Å². The minimum Gasteiger partial charge on any atom is -0.452 e. The smallest absolute Gasteiger partial charge is 0.260 e. The number of fused-ring (bicyclic) bond motifs is 1. The highest BCUT2D eigenvalue weighted by Crippen LogP contribution is 2.28. The Kier molecular flexibility index (Phi) is 1.25. The molecule has 0 radical (unpaired) electrons. The SMILES string of the molecule is O=Cc1cnc2c(c1)OCO2. The molecule has 2 rings (SSSR count). The first-order chi connectivity index (χ1) is 5.40. The maximum Gasteiger partial charge on any atom is 0.260 e. The summed E-state index contributed by atoms with van der Waals surface area (Å²) in [6.45, 7) is 0.185. The van der Waals surface area contributed by atoms with E-state index in [1.165, 1.54) is 6.20 Å². The van der Waals surface area contributed by atoms with Crippen LogP contribution in [0.5, 0.6) is 11.6 Å². The Labute approximate surface area is 62.8 Å². The normalized spacial score (nSPS) is 13.1. The fourth-order valence-electron chi connectivity index (χ4n) is 0.872. The highest BCUT2D eigenvalue weighted by Gasteiger charge is 2.14. The van der Waals surface area contributed by atoms with Crippen molar-refractivity contribution in [2.24, 2.45) is 0 Å². The van der Waals surface area contributed by atoms with Crippen molar-refractivity contribution in [1.29, 1.82) is 0 Å². The van der Waals surface area contributed by atoms with Crippen molar-refractivity contribution in [3.8, 4) is 11.6 Å². The van der Waals surface area contributed by atoms with Gasteiger partial charge in [-0.3, -0.25) is 4.79 Å². The van der Waals surface area contributed by atoms with Gasteiger partial charge < -0.3 is 9.47 Å². The average molecular weight is 151 g/mol. The van der Waals surface area contributed by atoms with Crippen molar-refractivity contribution in [2.75, 3.05) is 6.79 Å². The molecule has 0 spiro atoms. The van der Waals surface area contributed by atoms with Crippen molar-refractivity contribution in [2.45, 2.75) is 0 Å². The lowest BCUT2D eigenvalue weighted by Crippen LogP contribution is -1.93. The molecule has 1 aliphatic heterocycles. The highest BCUT2D eigenvalue weighted by atomic mass is 16.7. The van der Waals surface area contributed by atoms with Crippen LogP contribution in [0.3, 0.4) is 0 Å². The van der Waals surface area contributed by atoms with Gasteiger partial charge in [0.05, 0.1) is 0 Å². The quantitative estimate of drug-likeness (QED) is 0.552. The fourth-order valence-corrected chi connectivity index (χ4v) is 0.872. The molecule has 2 heterocycles. The lowest BCUT2D eigenvalue weighted by molar-refractivity contribution is 0.112. The lowest BCUT2D eigenvalue weighted by Gasteiger charge is -1.93. The number of nitrogens with zero attached hydrogens (tertiary/aromatic N) is 1. The molecule has 1 aromatic heterocycles. The molecule has 0 aliphatic carbocycles. The Balaban J connectivity index is 2.48. The van der Waals surface area contributed by atoms with E-state index in [9.17, 15) is 4.79 Å². The number of pyridine rings is 1. The molecule has 0 bridgehead atoms. The summed E-state index contributed by atoms with van der Waals surface area (Å²) in [5.41, 5.74) is 0.495. The summed E-state index contributed by atoms with van der Waals surface area (Å²) in [6.07, 6.45) is 2.16. The predicted molar refractivity (Wildman–Crippen MR) is 35.7 cm³/mol. The van der Waals surface area contributed by atoms with E-state index in [-0.39, 0.29) is 6.79 Å². The van der Waals surface area contributed by atoms with Gasteiger partial charge in [-0.2, -0.15) is 0 Å². The number of aldehydes is 1. The Bertz CT molecular complexity index is 298. The summed E-state index contributed by atoms with van der Waals surface area (Å²) in [4.78, 5) is 14.1. The number of hydrogen-bond acceptors (Lipinski definition) is 4. The third-order valence-electron chi connectivity index (χ3n) is 1.39. The molecule has 0 N–H and O–H groups in total. The third kappa shape index (κ3) is 0.920. The van der Waals surface area contributed by atoms with Gasteiger partial charge in [0, 0.05) is 11.8 Å². The van der Waals surface area contributed by atoms with Gasteiger partial charge >= 0.3 is 0 Å². The van der Waals surface area contributed by atoms with Crippen LogP contribution in [0.25, 0.3) is 0 Å². The predicted octanol–water partition coefficient (Wildman–Crippen LogP) is 0.623. The van der Waals surface area contributed by atoms with Crippen molar-refractivity contribution < 1.29 is 14.3 Å². The Morgan fingerprint density at radius 1 is 1.55 bits per heavy atom. The van der Waals surface area contributed by atoms with Gasteiger partial charge in [-0.15, -0.1) is 0 Å². The molecule has 56 valence electrons. The Hall–Kier alpha value is -1.58. The zero-order valence-electron chi connectivity index (χ0n) is 5.61. The zero-order chi connectivity index (χ0) is 7.68. The highest BCUT2D eigenvalue weighted by molar-refractivity contribution is 5.75. The van der Waals surface area contributed by atoms with Gasteiger partial charge in [0.15, 0.2) is 12.0 Å². The van der Waals surface area contributed by atoms with Crippen LogP contribution in [-0.2, 0) is 0 Å². The number of carbonyl (C=O) groups excluding carboxylic acids is 1. The van der Waals surface area contributed by atoms with Crippen LogP contribution < -0.4 is 9.47 Å². The molecule has 0 fully saturated rings. The molecule has 0 saturated heterocycles. The standard InChI is InChI=1S/C7H5NO3/c9-3-5-1-6-7(8-2-5)11-4-10-6/h1-3H,4H2. The van der Waals surface area contributed by atoms with Crippen molar-refractivity contribution >= 4 is 6.29 Å². The average Bonchev–Trinajstić information content (AvgIpc) is 2.50. The number of ether oxygens (including phenoxy) is 2. The second kappa shape index (κ2) is 2.23. The van der Waals surface area contributed by atoms with Gasteiger partial charge in [-0.05, 0) is 6.07 Å². The molecule has 4 heteroatoms. The minimum atomic E-state index is 0.185. The number of hydrogen-bond donors (Lipinski definition) is 0. The van der Waals surface area contributed by atoms with Crippen LogP contribution in [0.2, 0.25) is 0 Å². The largest absolute Gasteiger partial charge is 0.452 e. The van der Waals surface area contributed by atoms with E-state index in [0.717, 1.165) is 6.29 Å². The number of carbonyl (C=O) groups is 1. The molecule has 4 nitrogen and oxygen atoms in total. The summed E-state index contributed by atoms with van der Waals surface area (Å²) in [5, 5.41) is 0. The Morgan fingerprint density at radius 3 is 3.27 bits per heavy atom. The molecule has 0 aromatic carbocycles. The third-order valence-corrected chi connectivity index (χ3v) is 1.39. The molecular formula is C7H5NO3. The lowest BCUT2D eigenvalue weighted by atomic mass is 10.3. The van der Waals surface area contributed by atoms with Crippen molar-refractivity contribution in [1.82, 2.24) is 4.98 Å². The topological polar surface area (TPSA) is 48.4 Å². The first kappa shape index (κ1) is 6.15. The zero-order valence-corrected chi connectivity index (χ0v) is 5.61. The second-order valence-electron chi connectivity index (χ2n) is 2.10. The molecule has 11 heavy (non-hydrogen) atoms. The van der Waals surface area contributed by atoms with Crippen LogP contribution in [-0.4, -0.2) is 18.1 Å². The number of aromatic nitrogens is 1. The van der Waals surface area contributed by atoms with Gasteiger partial charge in [-0.25, -0.2) is 4.98 Å². The van der Waals surface area contributed by atoms with Crippen LogP contribution in [0, 0.1) is 0 Å². The minimum absolute atomic E-state index is 0.185. The maximum absolute atomic E-state index is 10.3. The van der Waals surface area contributed by atoms with Gasteiger partial charge in [-0.1, -0.05) is 0 Å². The van der Waals surface area contributed by atoms with E-state index in [4.69, 9.17) is 9.47 Å². The first-order valence-electron chi connectivity index (χ1n) is 3.11. The molecular weight excluding hydrogens is 146 g/mol. The van der Waals surface area contributed by atoms with Crippen molar-refractivity contribution in [3.63, 3.8) is 0 Å². The van der Waals surface area contributed by atoms with Crippen LogP contribution in [0.1, 0.15) is 10.4 Å². The molecule has 0 amide bonds. The second-order valence-corrected chi connectivity index (χ2v) is 2.10. The summed E-state index contributed by atoms with van der Waals surface area (Å²) < 4.78 is 9.95. The molecule has 1 aromatic rings. The first-order valence-corrected chi connectivity index (χ1v) is 3.11. The van der Waals surface area contributed by atoms with E-state index < -0.39 is 0 Å². The Morgan fingerprint density at radius 2 is 2.45 bits per heavy atom. The van der Waals surface area contributed by atoms with E-state index >= 15 is 0 Å². The fraction of sp³-hybridized carbons (Fsp3) is 0.143. The summed E-state index contributed by atoms with van der Waals surface area (Å²) in [6, 6.07) is 1.60. The van der Waals surface area contributed by atoms with Crippen LogP contribution in [0.15, 0.2) is 12.3 Å².